The van der Waals surface area contributed by atoms with E-state index in [1.165, 1.54) is 27.7 Å². The highest BCUT2D eigenvalue weighted by Crippen LogP contribution is 2.39. The van der Waals surface area contributed by atoms with Gasteiger partial charge in [0.25, 0.3) is 0 Å². The molecule has 0 aliphatic carbocycles. The molecule has 236 valence electrons. The number of aromatic nitrogens is 2. The van der Waals surface area contributed by atoms with Gasteiger partial charge in [0, 0.05) is 33.3 Å². The molecule has 0 spiro atoms. The summed E-state index contributed by atoms with van der Waals surface area (Å²) in [6.07, 6.45) is -3.93. The number of imidazole rings is 1. The number of rotatable bonds is 12. The lowest BCUT2D eigenvalue weighted by molar-refractivity contribution is -0.237. The number of carbonyl (C=O) groups is 4. The highest BCUT2D eigenvalue weighted by Gasteiger charge is 2.52. The van der Waals surface area contributed by atoms with Gasteiger partial charge in [-0.1, -0.05) is 49.0 Å². The van der Waals surface area contributed by atoms with E-state index in [0.29, 0.717) is 23.8 Å². The Morgan fingerprint density at radius 2 is 1.48 bits per heavy atom. The van der Waals surface area contributed by atoms with Crippen molar-refractivity contribution in [2.75, 3.05) is 13.2 Å². The number of thioether (sulfide) groups is 1. The molecule has 3 aromatic rings. The van der Waals surface area contributed by atoms with Gasteiger partial charge < -0.3 is 33.0 Å². The quantitative estimate of drug-likeness (QED) is 0.211. The summed E-state index contributed by atoms with van der Waals surface area (Å²) < 4.78 is 36.2. The van der Waals surface area contributed by atoms with Gasteiger partial charge in [-0.2, -0.15) is 0 Å². The average molecular weight is 629 g/mol. The Morgan fingerprint density at radius 3 is 2.16 bits per heavy atom. The van der Waals surface area contributed by atoms with E-state index in [9.17, 15) is 19.2 Å². The predicted octanol–water partition coefficient (Wildman–Crippen LogP) is 4.05. The number of fused-ring (bicyclic) bond motifs is 1. The van der Waals surface area contributed by atoms with Crippen LogP contribution in [0.25, 0.3) is 11.0 Å². The van der Waals surface area contributed by atoms with Crippen LogP contribution in [0.1, 0.15) is 46.6 Å². The zero-order valence-corrected chi connectivity index (χ0v) is 26.0. The van der Waals surface area contributed by atoms with Gasteiger partial charge in [0.2, 0.25) is 0 Å². The summed E-state index contributed by atoms with van der Waals surface area (Å²) in [5, 5.41) is 0.511. The summed E-state index contributed by atoms with van der Waals surface area (Å²) in [5.41, 5.74) is 1.46. The molecule has 5 atom stereocenters. The molecule has 1 fully saturated rings. The van der Waals surface area contributed by atoms with Crippen LogP contribution in [0.4, 0.5) is 0 Å². The third-order valence-electron chi connectivity index (χ3n) is 6.55. The Hall–Kier alpha value is -4.10. The van der Waals surface area contributed by atoms with E-state index in [-0.39, 0.29) is 6.61 Å². The van der Waals surface area contributed by atoms with Crippen LogP contribution in [0, 0.1) is 0 Å². The zero-order valence-electron chi connectivity index (χ0n) is 25.2. The van der Waals surface area contributed by atoms with E-state index >= 15 is 0 Å². The molecule has 1 aliphatic heterocycles. The van der Waals surface area contributed by atoms with E-state index < -0.39 is 53.7 Å². The molecule has 2 heterocycles. The van der Waals surface area contributed by atoms with Crippen LogP contribution in [0.2, 0.25) is 0 Å². The van der Waals surface area contributed by atoms with Crippen molar-refractivity contribution in [2.45, 2.75) is 82.6 Å². The topological polar surface area (TPSA) is 141 Å². The third kappa shape index (κ3) is 8.29. The summed E-state index contributed by atoms with van der Waals surface area (Å²) in [6, 6.07) is 15.3. The number of para-hydroxylation sites is 3. The van der Waals surface area contributed by atoms with Gasteiger partial charge in [-0.3, -0.25) is 19.2 Å². The maximum atomic E-state index is 12.3. The Balaban J connectivity index is 1.77. The standard InChI is InChI=1S/C31H36N2O10S/c1-6-15-38-25-14-10-7-11-22(25)16-33-24-13-9-8-12-23(24)32-31(33)44-30-29(42-21(5)37)28(41-20(4)36)27(40-19(3)35)26(43-30)17-39-18(2)34/h7-14,26-30H,6,15-17H2,1-5H3. The Labute approximate surface area is 259 Å². The maximum Gasteiger partial charge on any atom is 0.303 e. The first kappa shape index (κ1) is 32.8. The van der Waals surface area contributed by atoms with Crippen LogP contribution in [0.15, 0.2) is 53.7 Å². The smallest absolute Gasteiger partial charge is 0.303 e. The molecule has 4 rings (SSSR count). The fourth-order valence-electron chi connectivity index (χ4n) is 4.84. The van der Waals surface area contributed by atoms with Gasteiger partial charge in [-0.15, -0.1) is 0 Å². The van der Waals surface area contributed by atoms with E-state index in [2.05, 4.69) is 0 Å². The van der Waals surface area contributed by atoms with Crippen molar-refractivity contribution in [1.29, 1.82) is 0 Å². The predicted molar refractivity (Wildman–Crippen MR) is 159 cm³/mol. The normalized spacial score (nSPS) is 21.3. The minimum Gasteiger partial charge on any atom is -0.493 e. The van der Waals surface area contributed by atoms with Gasteiger partial charge in [-0.25, -0.2) is 4.98 Å². The molecule has 0 N–H and O–H groups in total. The van der Waals surface area contributed by atoms with Gasteiger partial charge in [0.1, 0.15) is 18.5 Å². The minimum absolute atomic E-state index is 0.312. The molecule has 0 saturated carbocycles. The number of hydrogen-bond donors (Lipinski definition) is 0. The molecule has 12 nitrogen and oxygen atoms in total. The Kier molecular flexibility index (Phi) is 11.2. The van der Waals surface area contributed by atoms with E-state index in [0.717, 1.165) is 35.0 Å². The molecule has 1 aliphatic rings. The summed E-state index contributed by atoms with van der Waals surface area (Å²) in [6.45, 7) is 7.49. The second kappa shape index (κ2) is 15.1. The van der Waals surface area contributed by atoms with Crippen LogP contribution >= 0.6 is 11.8 Å². The van der Waals surface area contributed by atoms with Crippen LogP contribution in [-0.4, -0.2) is 76.5 Å². The van der Waals surface area contributed by atoms with Crippen molar-refractivity contribution in [2.24, 2.45) is 0 Å². The van der Waals surface area contributed by atoms with Crippen molar-refractivity contribution in [3.8, 4) is 5.75 Å². The van der Waals surface area contributed by atoms with E-state index in [1.807, 2.05) is 60.0 Å². The fourth-order valence-corrected chi connectivity index (χ4v) is 6.03. The number of hydrogen-bond acceptors (Lipinski definition) is 12. The van der Waals surface area contributed by atoms with Crippen LogP contribution < -0.4 is 4.74 Å². The monoisotopic (exact) mass is 628 g/mol. The average Bonchev–Trinajstić information content (AvgIpc) is 3.30. The van der Waals surface area contributed by atoms with Crippen LogP contribution in [0.5, 0.6) is 5.75 Å². The Bertz CT molecular complexity index is 1490. The lowest BCUT2D eigenvalue weighted by Gasteiger charge is -2.44. The first-order chi connectivity index (χ1) is 21.1. The van der Waals surface area contributed by atoms with Gasteiger partial charge >= 0.3 is 23.9 Å². The fraction of sp³-hybridized carbons (Fsp3) is 0.452. The van der Waals surface area contributed by atoms with Crippen molar-refractivity contribution >= 4 is 46.7 Å². The second-order valence-electron chi connectivity index (χ2n) is 10.1. The van der Waals surface area contributed by atoms with E-state index in [4.69, 9.17) is 33.4 Å². The zero-order chi connectivity index (χ0) is 31.8. The number of esters is 4. The van der Waals surface area contributed by atoms with Crippen molar-refractivity contribution in [3.05, 3.63) is 54.1 Å². The van der Waals surface area contributed by atoms with Crippen LogP contribution in [-0.2, 0) is 49.4 Å². The van der Waals surface area contributed by atoms with Crippen molar-refractivity contribution in [1.82, 2.24) is 9.55 Å². The lowest BCUT2D eigenvalue weighted by atomic mass is 9.99. The van der Waals surface area contributed by atoms with Crippen molar-refractivity contribution in [3.63, 3.8) is 0 Å². The first-order valence-electron chi connectivity index (χ1n) is 14.2. The molecule has 0 bridgehead atoms. The van der Waals surface area contributed by atoms with Gasteiger partial charge in [-0.05, 0) is 24.6 Å². The molecular formula is C31H36N2O10S. The lowest BCUT2D eigenvalue weighted by Crippen LogP contribution is -2.61. The molecule has 2 aromatic carbocycles. The number of benzene rings is 2. The van der Waals surface area contributed by atoms with E-state index in [1.54, 1.807) is 0 Å². The largest absolute Gasteiger partial charge is 0.493 e. The molecule has 0 radical (unpaired) electrons. The second-order valence-corrected chi connectivity index (χ2v) is 11.2. The highest BCUT2D eigenvalue weighted by atomic mass is 32.2. The molecule has 44 heavy (non-hydrogen) atoms. The molecule has 1 aromatic heterocycles. The number of nitrogens with zero attached hydrogens (tertiary/aromatic N) is 2. The molecule has 0 amide bonds. The highest BCUT2D eigenvalue weighted by molar-refractivity contribution is 7.99. The molecule has 1 saturated heterocycles. The minimum atomic E-state index is -1.27. The van der Waals surface area contributed by atoms with Gasteiger partial charge in [0.15, 0.2) is 28.9 Å². The molecule has 5 unspecified atom stereocenters. The molecule has 13 heteroatoms. The number of carbonyl (C=O) groups excluding carboxylic acids is 4. The summed E-state index contributed by atoms with van der Waals surface area (Å²) in [7, 11) is 0. The molecular weight excluding hydrogens is 592 g/mol. The number of ether oxygens (including phenoxy) is 6. The van der Waals surface area contributed by atoms with Gasteiger partial charge in [0.05, 0.1) is 24.2 Å². The van der Waals surface area contributed by atoms with Crippen molar-refractivity contribution < 1.29 is 47.6 Å². The Morgan fingerprint density at radius 1 is 0.841 bits per heavy atom. The summed E-state index contributed by atoms with van der Waals surface area (Å²) >= 11 is 1.14. The SMILES string of the molecule is CCCOc1ccccc1Cn1c(SC2OC(COC(C)=O)C(OC(C)=O)C(OC(C)=O)C2OC(C)=O)nc2ccccc21. The summed E-state index contributed by atoms with van der Waals surface area (Å²) in [4.78, 5) is 53.2. The van der Waals surface area contributed by atoms with Crippen LogP contribution in [0.3, 0.4) is 0 Å². The summed E-state index contributed by atoms with van der Waals surface area (Å²) in [5.74, 6) is -1.90. The maximum absolute atomic E-state index is 12.3. The third-order valence-corrected chi connectivity index (χ3v) is 7.69. The first-order valence-corrected chi connectivity index (χ1v) is 15.1.